The Balaban J connectivity index is 1.59. The highest BCUT2D eigenvalue weighted by Gasteiger charge is 2.45. The lowest BCUT2D eigenvalue weighted by atomic mass is 10.1. The van der Waals surface area contributed by atoms with E-state index in [2.05, 4.69) is 5.32 Å². The lowest BCUT2D eigenvalue weighted by molar-refractivity contribution is -0.384. The first-order valence-electron chi connectivity index (χ1n) is 11.2. The van der Waals surface area contributed by atoms with E-state index in [1.54, 1.807) is 24.3 Å². The molecule has 2 saturated heterocycles. The Morgan fingerprint density at radius 2 is 1.83 bits per heavy atom. The summed E-state index contributed by atoms with van der Waals surface area (Å²) in [6.45, 7) is 2.04. The molecule has 11 heteroatoms. The first kappa shape index (κ1) is 24.0. The molecule has 2 aromatic rings. The van der Waals surface area contributed by atoms with Crippen molar-refractivity contribution >= 4 is 40.7 Å². The Bertz CT molecular complexity index is 1160. The lowest BCUT2D eigenvalue weighted by Crippen LogP contribution is -2.48. The Hall–Kier alpha value is -4.12. The van der Waals surface area contributed by atoms with E-state index in [4.69, 9.17) is 4.74 Å². The molecule has 2 aliphatic heterocycles. The van der Waals surface area contributed by atoms with Crippen molar-refractivity contribution < 1.29 is 28.8 Å². The molecule has 2 fully saturated rings. The summed E-state index contributed by atoms with van der Waals surface area (Å²) in [4.78, 5) is 63.7. The average molecular weight is 480 g/mol. The largest absolute Gasteiger partial charge is 0.376 e. The zero-order chi connectivity index (χ0) is 25.1. The van der Waals surface area contributed by atoms with Crippen molar-refractivity contribution in [2.24, 2.45) is 0 Å². The van der Waals surface area contributed by atoms with Gasteiger partial charge in [-0.3, -0.25) is 29.3 Å². The zero-order valence-electron chi connectivity index (χ0n) is 19.0. The molecule has 182 valence electrons. The van der Waals surface area contributed by atoms with Gasteiger partial charge in [0.2, 0.25) is 11.8 Å². The number of non-ortho nitro benzene ring substituents is 1. The van der Waals surface area contributed by atoms with Gasteiger partial charge in [0.15, 0.2) is 0 Å². The number of benzene rings is 2. The lowest BCUT2D eigenvalue weighted by Gasteiger charge is -2.30. The molecule has 35 heavy (non-hydrogen) atoms. The van der Waals surface area contributed by atoms with Crippen molar-refractivity contribution in [3.63, 3.8) is 0 Å². The molecule has 0 saturated carbocycles. The van der Waals surface area contributed by atoms with Gasteiger partial charge in [-0.25, -0.2) is 4.90 Å². The minimum atomic E-state index is -1.04. The second-order valence-corrected chi connectivity index (χ2v) is 8.41. The van der Waals surface area contributed by atoms with E-state index in [0.29, 0.717) is 24.4 Å². The van der Waals surface area contributed by atoms with Gasteiger partial charge in [-0.1, -0.05) is 0 Å². The average Bonchev–Trinajstić information content (AvgIpc) is 3.45. The predicted octanol–water partition coefficient (Wildman–Crippen LogP) is 2.51. The van der Waals surface area contributed by atoms with Crippen molar-refractivity contribution in [3.05, 3.63) is 64.2 Å². The SMILES string of the molecule is CC(=O)Nc1ccc(N2C(=O)CC(N(CC3CCCO3)C(=O)c3ccc([N+](=O)[O-])cc3)C2=O)cc1. The summed E-state index contributed by atoms with van der Waals surface area (Å²) in [5, 5.41) is 13.6. The highest BCUT2D eigenvalue weighted by atomic mass is 16.6. The Labute approximate surface area is 200 Å². The van der Waals surface area contributed by atoms with E-state index in [0.717, 1.165) is 11.3 Å². The van der Waals surface area contributed by atoms with E-state index in [1.807, 2.05) is 0 Å². The number of imide groups is 1. The Morgan fingerprint density at radius 1 is 1.14 bits per heavy atom. The van der Waals surface area contributed by atoms with Gasteiger partial charge >= 0.3 is 0 Å². The highest BCUT2D eigenvalue weighted by Crippen LogP contribution is 2.29. The minimum Gasteiger partial charge on any atom is -0.376 e. The molecule has 2 aliphatic rings. The standard InChI is InChI=1S/C24H24N4O7/c1-15(29)25-17-6-10-18(11-7-17)27-22(30)13-21(24(27)32)26(14-20-3-2-12-35-20)23(31)16-4-8-19(9-5-16)28(33)34/h4-11,20-21H,2-3,12-14H2,1H3,(H,25,29). The van der Waals surface area contributed by atoms with Crippen LogP contribution in [0.4, 0.5) is 17.1 Å². The summed E-state index contributed by atoms with van der Waals surface area (Å²) in [6, 6.07) is 10.3. The van der Waals surface area contributed by atoms with Crippen LogP contribution < -0.4 is 10.2 Å². The number of amides is 4. The first-order valence-corrected chi connectivity index (χ1v) is 11.2. The fourth-order valence-corrected chi connectivity index (χ4v) is 4.28. The molecule has 1 N–H and O–H groups in total. The molecule has 0 aliphatic carbocycles. The quantitative estimate of drug-likeness (QED) is 0.365. The summed E-state index contributed by atoms with van der Waals surface area (Å²) in [5.74, 6) is -1.76. The fraction of sp³-hybridized carbons (Fsp3) is 0.333. The van der Waals surface area contributed by atoms with E-state index in [-0.39, 0.29) is 36.2 Å². The first-order chi connectivity index (χ1) is 16.7. The van der Waals surface area contributed by atoms with Crippen LogP contribution in [0.25, 0.3) is 0 Å². The highest BCUT2D eigenvalue weighted by molar-refractivity contribution is 6.23. The van der Waals surface area contributed by atoms with Crippen LogP contribution in [0.3, 0.4) is 0 Å². The number of carbonyl (C=O) groups excluding carboxylic acids is 4. The zero-order valence-corrected chi connectivity index (χ0v) is 19.0. The molecule has 2 atom stereocenters. The topological polar surface area (TPSA) is 139 Å². The smallest absolute Gasteiger partial charge is 0.269 e. The molecular formula is C24H24N4O7. The summed E-state index contributed by atoms with van der Waals surface area (Å²) >= 11 is 0. The van der Waals surface area contributed by atoms with Crippen LogP contribution in [0, 0.1) is 10.1 Å². The monoisotopic (exact) mass is 480 g/mol. The van der Waals surface area contributed by atoms with Gasteiger partial charge in [-0.15, -0.1) is 0 Å². The van der Waals surface area contributed by atoms with Crippen molar-refractivity contribution in [1.82, 2.24) is 4.90 Å². The summed E-state index contributed by atoms with van der Waals surface area (Å²) in [7, 11) is 0. The second kappa shape index (κ2) is 10.0. The number of anilines is 2. The van der Waals surface area contributed by atoms with Crippen LogP contribution >= 0.6 is 0 Å². The van der Waals surface area contributed by atoms with Gasteiger partial charge in [0.25, 0.3) is 17.5 Å². The van der Waals surface area contributed by atoms with Crippen LogP contribution in [0.15, 0.2) is 48.5 Å². The van der Waals surface area contributed by atoms with Crippen molar-refractivity contribution in [2.45, 2.75) is 38.3 Å². The van der Waals surface area contributed by atoms with E-state index >= 15 is 0 Å². The van der Waals surface area contributed by atoms with Crippen LogP contribution in [-0.2, 0) is 19.1 Å². The molecule has 2 heterocycles. The maximum atomic E-state index is 13.4. The summed E-state index contributed by atoms with van der Waals surface area (Å²) in [5.41, 5.74) is 0.863. The second-order valence-electron chi connectivity index (χ2n) is 8.41. The number of nitro groups is 1. The van der Waals surface area contributed by atoms with Gasteiger partial charge in [0, 0.05) is 43.5 Å². The number of hydrogen-bond donors (Lipinski definition) is 1. The van der Waals surface area contributed by atoms with E-state index < -0.39 is 28.7 Å². The fourth-order valence-electron chi connectivity index (χ4n) is 4.28. The molecule has 0 bridgehead atoms. The van der Waals surface area contributed by atoms with Gasteiger partial charge < -0.3 is 15.0 Å². The number of nitro benzene ring substituents is 1. The van der Waals surface area contributed by atoms with Crippen molar-refractivity contribution in [2.75, 3.05) is 23.4 Å². The third-order valence-electron chi connectivity index (χ3n) is 5.96. The Kier molecular flexibility index (Phi) is 6.87. The van der Waals surface area contributed by atoms with Crippen LogP contribution in [0.1, 0.15) is 36.5 Å². The van der Waals surface area contributed by atoms with Crippen LogP contribution in [-0.4, -0.2) is 58.7 Å². The number of carbonyl (C=O) groups is 4. The number of ether oxygens (including phenoxy) is 1. The number of nitrogens with zero attached hydrogens (tertiary/aromatic N) is 3. The molecule has 4 rings (SSSR count). The molecule has 2 aromatic carbocycles. The molecule has 11 nitrogen and oxygen atoms in total. The molecule has 0 radical (unpaired) electrons. The van der Waals surface area contributed by atoms with Gasteiger partial charge in [-0.05, 0) is 49.2 Å². The van der Waals surface area contributed by atoms with E-state index in [9.17, 15) is 29.3 Å². The third-order valence-corrected chi connectivity index (χ3v) is 5.96. The molecule has 2 unspecified atom stereocenters. The Morgan fingerprint density at radius 3 is 2.40 bits per heavy atom. The number of rotatable bonds is 7. The molecular weight excluding hydrogens is 456 g/mol. The molecule has 0 spiro atoms. The predicted molar refractivity (Wildman–Crippen MR) is 125 cm³/mol. The third kappa shape index (κ3) is 5.19. The van der Waals surface area contributed by atoms with Crippen molar-refractivity contribution in [3.8, 4) is 0 Å². The normalized spacial score (nSPS) is 19.6. The molecule has 0 aromatic heterocycles. The van der Waals surface area contributed by atoms with Gasteiger partial charge in [0.05, 0.1) is 23.1 Å². The van der Waals surface area contributed by atoms with Crippen LogP contribution in [0.5, 0.6) is 0 Å². The minimum absolute atomic E-state index is 0.120. The number of hydrogen-bond acceptors (Lipinski definition) is 7. The van der Waals surface area contributed by atoms with Gasteiger partial charge in [0.1, 0.15) is 6.04 Å². The molecule has 4 amide bonds. The van der Waals surface area contributed by atoms with Crippen LogP contribution in [0.2, 0.25) is 0 Å². The summed E-state index contributed by atoms with van der Waals surface area (Å²) in [6.07, 6.45) is 1.07. The maximum Gasteiger partial charge on any atom is 0.269 e. The van der Waals surface area contributed by atoms with Crippen molar-refractivity contribution in [1.29, 1.82) is 0 Å². The van der Waals surface area contributed by atoms with E-state index in [1.165, 1.54) is 36.1 Å². The summed E-state index contributed by atoms with van der Waals surface area (Å²) < 4.78 is 5.67. The maximum absolute atomic E-state index is 13.4. The number of nitrogens with one attached hydrogen (secondary N) is 1. The van der Waals surface area contributed by atoms with Gasteiger partial charge in [-0.2, -0.15) is 0 Å².